The van der Waals surface area contributed by atoms with Crippen LogP contribution in [0, 0.1) is 6.92 Å². The highest BCUT2D eigenvalue weighted by atomic mass is 127. The number of hydrogen-bond donors (Lipinski definition) is 0. The van der Waals surface area contributed by atoms with E-state index < -0.39 is 0 Å². The van der Waals surface area contributed by atoms with Gasteiger partial charge in [-0.25, -0.2) is 0 Å². The van der Waals surface area contributed by atoms with Gasteiger partial charge in [-0.1, -0.05) is 18.2 Å². The highest BCUT2D eigenvalue weighted by Crippen LogP contribution is 2.35. The number of nitrogens with zero attached hydrogens (tertiary/aromatic N) is 3. The van der Waals surface area contributed by atoms with Crippen molar-refractivity contribution in [3.63, 3.8) is 0 Å². The molecule has 102 valence electrons. The molecule has 2 heterocycles. The number of aromatic nitrogens is 1. The van der Waals surface area contributed by atoms with E-state index in [-0.39, 0.29) is 24.0 Å². The van der Waals surface area contributed by atoms with E-state index in [1.807, 2.05) is 0 Å². The number of benzene rings is 1. The molecule has 0 amide bonds. The summed E-state index contributed by atoms with van der Waals surface area (Å²) in [6, 6.07) is 8.56. The first kappa shape index (κ1) is 14.7. The molecule has 1 aromatic heterocycles. The number of thioether (sulfide) groups is 1. The molecule has 3 rings (SSSR count). The van der Waals surface area contributed by atoms with E-state index in [4.69, 9.17) is 0 Å². The lowest BCUT2D eigenvalue weighted by molar-refractivity contribution is 0.564. The number of aliphatic imine (C=N–C) groups is 1. The Hall–Kier alpha value is -0.690. The van der Waals surface area contributed by atoms with Gasteiger partial charge in [0.25, 0.3) is 0 Å². The molecule has 2 aromatic rings. The smallest absolute Gasteiger partial charge is 0.164 e. The van der Waals surface area contributed by atoms with Crippen molar-refractivity contribution in [3.8, 4) is 0 Å². The Balaban J connectivity index is 0.00000133. The molecular weight excluding hydrogens is 369 g/mol. The van der Waals surface area contributed by atoms with E-state index in [1.165, 1.54) is 21.5 Å². The summed E-state index contributed by atoms with van der Waals surface area (Å²) in [4.78, 5) is 8.13. The van der Waals surface area contributed by atoms with Gasteiger partial charge in [0.2, 0.25) is 0 Å². The van der Waals surface area contributed by atoms with Crippen LogP contribution < -0.4 is 0 Å². The molecule has 0 bridgehead atoms. The molecule has 19 heavy (non-hydrogen) atoms. The number of hydrogen-bond acceptors (Lipinski definition) is 3. The molecule has 0 aliphatic carbocycles. The number of likely N-dealkylation sites (N-methyl/N-ethyl adjacent to an activating group) is 1. The van der Waals surface area contributed by atoms with Gasteiger partial charge >= 0.3 is 0 Å². The number of para-hydroxylation sites is 1. The third-order valence-electron chi connectivity index (χ3n) is 3.54. The minimum absolute atomic E-state index is 0. The summed E-state index contributed by atoms with van der Waals surface area (Å²) in [5.41, 5.74) is 2.60. The van der Waals surface area contributed by atoms with Crippen molar-refractivity contribution in [3.05, 3.63) is 30.0 Å². The summed E-state index contributed by atoms with van der Waals surface area (Å²) in [5.74, 6) is 0. The molecule has 0 spiro atoms. The zero-order valence-electron chi connectivity index (χ0n) is 11.4. The van der Waals surface area contributed by atoms with Crippen molar-refractivity contribution in [2.75, 3.05) is 20.1 Å². The fourth-order valence-electron chi connectivity index (χ4n) is 2.33. The van der Waals surface area contributed by atoms with Crippen molar-refractivity contribution in [2.45, 2.75) is 11.8 Å². The first-order valence-corrected chi connectivity index (χ1v) is 6.97. The van der Waals surface area contributed by atoms with E-state index in [9.17, 15) is 0 Å². The van der Waals surface area contributed by atoms with Gasteiger partial charge in [0, 0.05) is 42.1 Å². The molecule has 0 radical (unpaired) electrons. The van der Waals surface area contributed by atoms with Crippen LogP contribution in [-0.4, -0.2) is 34.8 Å². The first-order chi connectivity index (χ1) is 8.68. The summed E-state index contributed by atoms with van der Waals surface area (Å²) < 4.78 is 2.26. The normalized spacial score (nSPS) is 14.7. The largest absolute Gasteiger partial charge is 0.352 e. The first-order valence-electron chi connectivity index (χ1n) is 6.16. The third-order valence-corrected chi connectivity index (χ3v) is 4.89. The van der Waals surface area contributed by atoms with E-state index in [1.54, 1.807) is 11.8 Å². The van der Waals surface area contributed by atoms with Crippen LogP contribution in [0.15, 0.2) is 34.2 Å². The van der Waals surface area contributed by atoms with Crippen LogP contribution >= 0.6 is 35.7 Å². The Morgan fingerprint density at radius 2 is 1.95 bits per heavy atom. The molecular formula is C14H18IN3S. The van der Waals surface area contributed by atoms with E-state index in [2.05, 4.69) is 59.7 Å². The van der Waals surface area contributed by atoms with Crippen LogP contribution in [0.3, 0.4) is 0 Å². The average molecular weight is 387 g/mol. The Kier molecular flexibility index (Phi) is 4.45. The fraction of sp³-hybridized carbons (Fsp3) is 0.357. The lowest BCUT2D eigenvalue weighted by atomic mass is 10.2. The highest BCUT2D eigenvalue weighted by molar-refractivity contribution is 14.0. The lowest BCUT2D eigenvalue weighted by Gasteiger charge is -2.12. The second kappa shape index (κ2) is 5.75. The SMILES string of the molecule is Cc1c(SC2=NCCN2C)c2ccccc2n1C.I. The number of aryl methyl sites for hydroxylation is 1. The van der Waals surface area contributed by atoms with Gasteiger partial charge in [0.15, 0.2) is 5.17 Å². The van der Waals surface area contributed by atoms with Gasteiger partial charge in [0.1, 0.15) is 0 Å². The Bertz CT molecular complexity index is 633. The quantitative estimate of drug-likeness (QED) is 0.699. The van der Waals surface area contributed by atoms with Crippen molar-refractivity contribution in [2.24, 2.45) is 12.0 Å². The monoisotopic (exact) mass is 387 g/mol. The van der Waals surface area contributed by atoms with Crippen LogP contribution in [0.5, 0.6) is 0 Å². The van der Waals surface area contributed by atoms with Crippen LogP contribution in [0.25, 0.3) is 10.9 Å². The molecule has 0 unspecified atom stereocenters. The Morgan fingerprint density at radius 1 is 1.21 bits per heavy atom. The van der Waals surface area contributed by atoms with Crippen molar-refractivity contribution in [1.82, 2.24) is 9.47 Å². The van der Waals surface area contributed by atoms with Gasteiger partial charge < -0.3 is 9.47 Å². The van der Waals surface area contributed by atoms with Crippen LogP contribution in [0.1, 0.15) is 5.69 Å². The highest BCUT2D eigenvalue weighted by Gasteiger charge is 2.19. The number of halogens is 1. The topological polar surface area (TPSA) is 20.5 Å². The maximum absolute atomic E-state index is 4.57. The summed E-state index contributed by atoms with van der Waals surface area (Å²) in [6.07, 6.45) is 0. The second-order valence-electron chi connectivity index (χ2n) is 4.68. The van der Waals surface area contributed by atoms with E-state index in [0.717, 1.165) is 18.3 Å². The maximum atomic E-state index is 4.57. The lowest BCUT2D eigenvalue weighted by Crippen LogP contribution is -2.19. The summed E-state index contributed by atoms with van der Waals surface area (Å²) in [6.45, 7) is 4.13. The zero-order chi connectivity index (χ0) is 12.7. The molecule has 0 fully saturated rings. The van der Waals surface area contributed by atoms with Crippen molar-refractivity contribution in [1.29, 1.82) is 0 Å². The minimum atomic E-state index is 0. The van der Waals surface area contributed by atoms with Crippen LogP contribution in [0.4, 0.5) is 0 Å². The number of rotatable bonds is 1. The summed E-state index contributed by atoms with van der Waals surface area (Å²) in [7, 11) is 4.24. The van der Waals surface area contributed by atoms with Gasteiger partial charge in [-0.05, 0) is 24.8 Å². The number of fused-ring (bicyclic) bond motifs is 1. The van der Waals surface area contributed by atoms with Gasteiger partial charge in [-0.3, -0.25) is 4.99 Å². The van der Waals surface area contributed by atoms with Gasteiger partial charge in [-0.15, -0.1) is 24.0 Å². The molecule has 3 nitrogen and oxygen atoms in total. The molecule has 1 aromatic carbocycles. The standard InChI is InChI=1S/C14H17N3S.HI/c1-10-13(18-14-15-8-9-16(14)2)11-6-4-5-7-12(11)17(10)3;/h4-7H,8-9H2,1-3H3;1H. The number of amidine groups is 1. The van der Waals surface area contributed by atoms with E-state index >= 15 is 0 Å². The second-order valence-corrected chi connectivity index (χ2v) is 5.66. The Morgan fingerprint density at radius 3 is 2.63 bits per heavy atom. The predicted octanol–water partition coefficient (Wildman–Crippen LogP) is 3.50. The zero-order valence-corrected chi connectivity index (χ0v) is 14.5. The molecule has 0 N–H and O–H groups in total. The van der Waals surface area contributed by atoms with Crippen LogP contribution in [-0.2, 0) is 7.05 Å². The molecule has 1 aliphatic heterocycles. The summed E-state index contributed by atoms with van der Waals surface area (Å²) >= 11 is 1.79. The average Bonchev–Trinajstić information content (AvgIpc) is 2.88. The fourth-order valence-corrected chi connectivity index (χ4v) is 3.48. The van der Waals surface area contributed by atoms with Gasteiger partial charge in [0.05, 0.1) is 6.54 Å². The summed E-state index contributed by atoms with van der Waals surface area (Å²) in [5, 5.41) is 2.46. The van der Waals surface area contributed by atoms with Crippen molar-refractivity contribution < 1.29 is 0 Å². The third kappa shape index (κ3) is 2.50. The van der Waals surface area contributed by atoms with Crippen molar-refractivity contribution >= 4 is 51.8 Å². The molecule has 5 heteroatoms. The van der Waals surface area contributed by atoms with Gasteiger partial charge in [-0.2, -0.15) is 0 Å². The van der Waals surface area contributed by atoms with Crippen LogP contribution in [0.2, 0.25) is 0 Å². The predicted molar refractivity (Wildman–Crippen MR) is 93.9 cm³/mol. The van der Waals surface area contributed by atoms with E-state index in [0.29, 0.717) is 0 Å². The Labute approximate surface area is 135 Å². The molecule has 1 aliphatic rings. The minimum Gasteiger partial charge on any atom is -0.352 e. The molecule has 0 saturated heterocycles. The molecule has 0 saturated carbocycles. The molecule has 0 atom stereocenters. The maximum Gasteiger partial charge on any atom is 0.164 e.